The summed E-state index contributed by atoms with van der Waals surface area (Å²) in [6.07, 6.45) is 5.10. The number of rotatable bonds is 12. The summed E-state index contributed by atoms with van der Waals surface area (Å²) < 4.78 is 50.0. The molecule has 1 aliphatic carbocycles. The minimum Gasteiger partial charge on any atom is -0.619 e. The SMILES string of the molecule is COc1ccc2c(ccn2CC(=O)O[C@@H](Cc2c(Cl)c[n+]([O-])cc2Cl)c2ccc(OC(F)F)c(OCC3CC3)c2)c1. The number of hydrogen-bond acceptors (Lipinski definition) is 6. The number of nitrogens with zero attached hydrogens (tertiary/aromatic N) is 2. The van der Waals surface area contributed by atoms with Crippen molar-refractivity contribution >= 4 is 40.1 Å². The highest BCUT2D eigenvalue weighted by molar-refractivity contribution is 6.35. The van der Waals surface area contributed by atoms with Gasteiger partial charge >= 0.3 is 12.6 Å². The van der Waals surface area contributed by atoms with Crippen LogP contribution in [0.3, 0.4) is 0 Å². The molecule has 1 aliphatic rings. The molecule has 2 heterocycles. The average molecular weight is 607 g/mol. The minimum absolute atomic E-state index is 0.00495. The summed E-state index contributed by atoms with van der Waals surface area (Å²) >= 11 is 12.7. The predicted octanol–water partition coefficient (Wildman–Crippen LogP) is 6.51. The Hall–Kier alpha value is -3.76. The van der Waals surface area contributed by atoms with Gasteiger partial charge in [-0.2, -0.15) is 13.5 Å². The summed E-state index contributed by atoms with van der Waals surface area (Å²) in [5.41, 5.74) is 1.63. The van der Waals surface area contributed by atoms with Crippen LogP contribution in [0.15, 0.2) is 61.1 Å². The van der Waals surface area contributed by atoms with Crippen LogP contribution in [0.25, 0.3) is 10.9 Å². The van der Waals surface area contributed by atoms with Gasteiger partial charge < -0.3 is 28.7 Å². The van der Waals surface area contributed by atoms with Crippen molar-refractivity contribution in [3.05, 3.63) is 87.4 Å². The van der Waals surface area contributed by atoms with Crippen molar-refractivity contribution in [3.63, 3.8) is 0 Å². The van der Waals surface area contributed by atoms with Gasteiger partial charge in [0.1, 0.15) is 28.4 Å². The maximum absolute atomic E-state index is 13.3. The van der Waals surface area contributed by atoms with Crippen molar-refractivity contribution in [2.24, 2.45) is 5.92 Å². The Morgan fingerprint density at radius 2 is 1.85 bits per heavy atom. The number of alkyl halides is 2. The first-order valence-electron chi connectivity index (χ1n) is 12.8. The Kier molecular flexibility index (Phi) is 8.70. The Labute approximate surface area is 244 Å². The number of carbonyl (C=O) groups is 1. The number of ether oxygens (including phenoxy) is 4. The largest absolute Gasteiger partial charge is 0.619 e. The van der Waals surface area contributed by atoms with Crippen LogP contribution in [0, 0.1) is 11.1 Å². The van der Waals surface area contributed by atoms with Gasteiger partial charge in [0.2, 0.25) is 0 Å². The van der Waals surface area contributed by atoms with E-state index in [9.17, 15) is 18.8 Å². The lowest BCUT2D eigenvalue weighted by molar-refractivity contribution is -0.605. The first kappa shape index (κ1) is 28.8. The van der Waals surface area contributed by atoms with Gasteiger partial charge in [-0.25, -0.2) is 0 Å². The molecule has 8 nitrogen and oxygen atoms in total. The lowest BCUT2D eigenvalue weighted by Gasteiger charge is -2.21. The van der Waals surface area contributed by atoms with Gasteiger partial charge in [0.15, 0.2) is 23.9 Å². The molecular formula is C29H26Cl2F2N2O6. The predicted molar refractivity (Wildman–Crippen MR) is 148 cm³/mol. The molecule has 1 saturated carbocycles. The molecule has 0 aliphatic heterocycles. The molecule has 0 N–H and O–H groups in total. The van der Waals surface area contributed by atoms with E-state index in [1.807, 2.05) is 18.2 Å². The maximum atomic E-state index is 13.3. The minimum atomic E-state index is -3.05. The molecule has 4 aromatic rings. The highest BCUT2D eigenvalue weighted by Gasteiger charge is 2.26. The van der Waals surface area contributed by atoms with Crippen molar-refractivity contribution in [1.82, 2.24) is 4.57 Å². The van der Waals surface area contributed by atoms with E-state index in [0.717, 1.165) is 36.1 Å². The third kappa shape index (κ3) is 7.12. The zero-order chi connectivity index (χ0) is 29.1. The molecule has 1 fully saturated rings. The van der Waals surface area contributed by atoms with E-state index in [2.05, 4.69) is 4.74 Å². The smallest absolute Gasteiger partial charge is 0.387 e. The molecule has 2 aromatic heterocycles. The quantitative estimate of drug-likeness (QED) is 0.104. The maximum Gasteiger partial charge on any atom is 0.387 e. The normalized spacial score (nSPS) is 13.8. The van der Waals surface area contributed by atoms with Crippen LogP contribution in [-0.2, 0) is 22.5 Å². The Balaban J connectivity index is 1.44. The number of hydrogen-bond donors (Lipinski definition) is 0. The van der Waals surface area contributed by atoms with Gasteiger partial charge in [0.05, 0.1) is 13.7 Å². The molecule has 0 spiro atoms. The van der Waals surface area contributed by atoms with Crippen LogP contribution in [-0.4, -0.2) is 30.9 Å². The van der Waals surface area contributed by atoms with E-state index in [0.29, 0.717) is 34.1 Å². The summed E-state index contributed by atoms with van der Waals surface area (Å²) in [6, 6.07) is 11.7. The van der Waals surface area contributed by atoms with Crippen LogP contribution in [0.2, 0.25) is 10.0 Å². The summed E-state index contributed by atoms with van der Waals surface area (Å²) in [6.45, 7) is -2.81. The molecule has 216 valence electrons. The summed E-state index contributed by atoms with van der Waals surface area (Å²) in [5, 5.41) is 12.8. The molecule has 2 aromatic carbocycles. The van der Waals surface area contributed by atoms with Gasteiger partial charge in [0.25, 0.3) is 0 Å². The second-order valence-corrected chi connectivity index (χ2v) is 10.5. The van der Waals surface area contributed by atoms with E-state index in [1.165, 1.54) is 18.2 Å². The van der Waals surface area contributed by atoms with Crippen LogP contribution in [0.4, 0.5) is 8.78 Å². The standard InChI is InChI=1S/C29H26Cl2F2N2O6/c1-38-20-5-6-24-18(10-20)8-9-34(24)15-28(36)40-26(12-21-22(30)13-35(37)14-23(21)31)19-4-7-25(41-29(32)33)27(11-19)39-16-17-2-3-17/h4-11,13-14,17,26,29H,2-3,12,15-16H2,1H3/t26-/m0/s1. The monoisotopic (exact) mass is 606 g/mol. The van der Waals surface area contributed by atoms with E-state index in [4.69, 9.17) is 37.4 Å². The summed E-state index contributed by atoms with van der Waals surface area (Å²) in [7, 11) is 1.58. The summed E-state index contributed by atoms with van der Waals surface area (Å²) in [4.78, 5) is 13.3. The molecule has 41 heavy (non-hydrogen) atoms. The fourth-order valence-corrected chi connectivity index (χ4v) is 5.04. The third-order valence-corrected chi connectivity index (χ3v) is 7.38. The van der Waals surface area contributed by atoms with Crippen LogP contribution in [0.5, 0.6) is 17.2 Å². The van der Waals surface area contributed by atoms with E-state index in [-0.39, 0.29) is 34.5 Å². The van der Waals surface area contributed by atoms with Gasteiger partial charge in [0, 0.05) is 29.1 Å². The van der Waals surface area contributed by atoms with Gasteiger partial charge in [-0.05, 0) is 60.7 Å². The number of halogens is 4. The molecule has 5 rings (SSSR count). The lowest BCUT2D eigenvalue weighted by Crippen LogP contribution is -2.26. The van der Waals surface area contributed by atoms with Gasteiger partial charge in [-0.1, -0.05) is 29.3 Å². The molecule has 0 radical (unpaired) electrons. The van der Waals surface area contributed by atoms with Crippen molar-refractivity contribution in [2.75, 3.05) is 13.7 Å². The molecule has 12 heteroatoms. The third-order valence-electron chi connectivity index (χ3n) is 6.73. The van der Waals surface area contributed by atoms with E-state index in [1.54, 1.807) is 23.9 Å². The first-order valence-corrected chi connectivity index (χ1v) is 13.6. The second kappa shape index (κ2) is 12.4. The molecular weight excluding hydrogens is 581 g/mol. The highest BCUT2D eigenvalue weighted by atomic mass is 35.5. The Bertz CT molecular complexity index is 1540. The van der Waals surface area contributed by atoms with E-state index < -0.39 is 18.7 Å². The van der Waals surface area contributed by atoms with Gasteiger partial charge in [-0.15, -0.1) is 0 Å². The number of methoxy groups -OCH3 is 1. The van der Waals surface area contributed by atoms with Crippen molar-refractivity contribution in [2.45, 2.75) is 38.5 Å². The zero-order valence-corrected chi connectivity index (χ0v) is 23.4. The number of fused-ring (bicyclic) bond motifs is 1. The zero-order valence-electron chi connectivity index (χ0n) is 21.9. The molecule has 0 saturated heterocycles. The molecule has 0 amide bonds. The fraction of sp³-hybridized carbons (Fsp3) is 0.310. The van der Waals surface area contributed by atoms with Crippen molar-refractivity contribution < 1.29 is 37.3 Å². The lowest BCUT2D eigenvalue weighted by atomic mass is 10.0. The Morgan fingerprint density at radius 1 is 1.10 bits per heavy atom. The summed E-state index contributed by atoms with van der Waals surface area (Å²) in [5.74, 6) is 0.436. The van der Waals surface area contributed by atoms with Gasteiger partial charge in [-0.3, -0.25) is 4.79 Å². The van der Waals surface area contributed by atoms with Crippen LogP contribution < -0.4 is 18.9 Å². The molecule has 0 unspecified atom stereocenters. The van der Waals surface area contributed by atoms with Crippen molar-refractivity contribution in [1.29, 1.82) is 0 Å². The van der Waals surface area contributed by atoms with Crippen molar-refractivity contribution in [3.8, 4) is 17.2 Å². The Morgan fingerprint density at radius 3 is 2.54 bits per heavy atom. The number of aromatic nitrogens is 2. The number of carbonyl (C=O) groups excluding carboxylic acids is 1. The van der Waals surface area contributed by atoms with E-state index >= 15 is 0 Å². The molecule has 0 bridgehead atoms. The number of benzene rings is 2. The number of pyridine rings is 1. The average Bonchev–Trinajstić information content (AvgIpc) is 3.68. The topological polar surface area (TPSA) is 85.9 Å². The fourth-order valence-electron chi connectivity index (χ4n) is 4.44. The molecule has 1 atom stereocenters. The van der Waals surface area contributed by atoms with Crippen LogP contribution in [0.1, 0.15) is 30.1 Å². The number of esters is 1. The highest BCUT2D eigenvalue weighted by Crippen LogP contribution is 2.38. The first-order chi connectivity index (χ1) is 19.7. The van der Waals surface area contributed by atoms with Crippen LogP contribution >= 0.6 is 23.2 Å². The second-order valence-electron chi connectivity index (χ2n) is 9.68.